The van der Waals surface area contributed by atoms with Crippen LogP contribution >= 0.6 is 0 Å². The van der Waals surface area contributed by atoms with Gasteiger partial charge in [0.1, 0.15) is 16.7 Å². The van der Waals surface area contributed by atoms with Crippen molar-refractivity contribution in [2.75, 3.05) is 0 Å². The van der Waals surface area contributed by atoms with Gasteiger partial charge in [-0.3, -0.25) is 0 Å². The van der Waals surface area contributed by atoms with E-state index >= 15 is 0 Å². The number of nitrogens with zero attached hydrogens (tertiary/aromatic N) is 3. The summed E-state index contributed by atoms with van der Waals surface area (Å²) in [5.41, 5.74) is 13.4. The molecule has 57 heavy (non-hydrogen) atoms. The molecule has 4 heterocycles. The van der Waals surface area contributed by atoms with Crippen molar-refractivity contribution in [3.8, 4) is 50.7 Å². The Morgan fingerprint density at radius 2 is 0.982 bits per heavy atom. The summed E-state index contributed by atoms with van der Waals surface area (Å²) in [5, 5.41) is 6.62. The van der Waals surface area contributed by atoms with Gasteiger partial charge in [0, 0.05) is 54.7 Å². The zero-order valence-electron chi connectivity index (χ0n) is 30.6. The predicted molar refractivity (Wildman–Crippen MR) is 233 cm³/mol. The second-order valence-corrected chi connectivity index (χ2v) is 14.5. The van der Waals surface area contributed by atoms with E-state index in [1.54, 1.807) is 0 Å². The molecule has 12 rings (SSSR count). The Bertz CT molecular complexity index is 3450. The maximum atomic E-state index is 7.13. The van der Waals surface area contributed by atoms with E-state index < -0.39 is 0 Å². The van der Waals surface area contributed by atoms with Crippen LogP contribution in [0.4, 0.5) is 0 Å². The molecule has 0 fully saturated rings. The molecule has 0 amide bonds. The average molecular weight is 730 g/mol. The monoisotopic (exact) mass is 729 g/mol. The molecule has 8 aromatic carbocycles. The molecule has 266 valence electrons. The zero-order valence-corrected chi connectivity index (χ0v) is 30.6. The lowest BCUT2D eigenvalue weighted by Gasteiger charge is -2.10. The molecule has 12 aromatic rings. The van der Waals surface area contributed by atoms with Crippen molar-refractivity contribution in [2.24, 2.45) is 0 Å². The molecule has 0 unspecified atom stereocenters. The fraction of sp³-hybridized carbons (Fsp3) is 0. The Kier molecular flexibility index (Phi) is 6.86. The summed E-state index contributed by atoms with van der Waals surface area (Å²) in [4.78, 5) is 10.2. The normalized spacial score (nSPS) is 11.9. The molecule has 5 nitrogen and oxygen atoms in total. The maximum Gasteiger partial charge on any atom is 0.160 e. The highest BCUT2D eigenvalue weighted by Gasteiger charge is 2.22. The minimum absolute atomic E-state index is 0.668. The summed E-state index contributed by atoms with van der Waals surface area (Å²) < 4.78 is 15.8. The number of aromatic nitrogens is 3. The average Bonchev–Trinajstić information content (AvgIpc) is 3.96. The van der Waals surface area contributed by atoms with E-state index in [-0.39, 0.29) is 0 Å². The first kappa shape index (κ1) is 31.6. The smallest absolute Gasteiger partial charge is 0.160 e. The van der Waals surface area contributed by atoms with E-state index in [2.05, 4.69) is 144 Å². The first-order chi connectivity index (χ1) is 28.2. The van der Waals surface area contributed by atoms with E-state index in [0.717, 1.165) is 111 Å². The Hall–Kier alpha value is -7.76. The minimum Gasteiger partial charge on any atom is -0.456 e. The van der Waals surface area contributed by atoms with Gasteiger partial charge in [-0.05, 0) is 65.7 Å². The number of hydrogen-bond donors (Lipinski definition) is 0. The van der Waals surface area contributed by atoms with Gasteiger partial charge in [0.25, 0.3) is 0 Å². The highest BCUT2D eigenvalue weighted by Crippen LogP contribution is 2.44. The largest absolute Gasteiger partial charge is 0.456 e. The van der Waals surface area contributed by atoms with Gasteiger partial charge in [0.2, 0.25) is 0 Å². The molecule has 0 spiro atoms. The third-order valence-corrected chi connectivity index (χ3v) is 11.2. The van der Waals surface area contributed by atoms with Crippen LogP contribution in [0, 0.1) is 0 Å². The summed E-state index contributed by atoms with van der Waals surface area (Å²) in [5.74, 6) is 0.668. The first-order valence-electron chi connectivity index (χ1n) is 19.1. The molecular formula is C52H31N3O2. The van der Waals surface area contributed by atoms with Crippen molar-refractivity contribution in [1.29, 1.82) is 0 Å². The number of rotatable bonds is 5. The van der Waals surface area contributed by atoms with Gasteiger partial charge >= 0.3 is 0 Å². The molecular weight excluding hydrogens is 699 g/mol. The number of hydrogen-bond acceptors (Lipinski definition) is 4. The highest BCUT2D eigenvalue weighted by atomic mass is 16.3. The molecule has 0 saturated carbocycles. The third-order valence-electron chi connectivity index (χ3n) is 11.2. The number of fused-ring (bicyclic) bond motifs is 10. The van der Waals surface area contributed by atoms with Crippen LogP contribution in [0.2, 0.25) is 0 Å². The van der Waals surface area contributed by atoms with Crippen molar-refractivity contribution in [3.63, 3.8) is 0 Å². The van der Waals surface area contributed by atoms with Crippen LogP contribution in [-0.4, -0.2) is 14.5 Å². The first-order valence-corrected chi connectivity index (χ1v) is 19.1. The standard InChI is InChI=1S/C52H31N3O2/c1-4-13-32(14-5-1)44-31-45(54-52(53-44)33-15-6-2-7-16-33)43-21-12-20-41-42-28-27-40-37-25-23-34(35-24-26-39-38-19-10-11-22-47(38)56-48(39)30-35)29-46(37)55(36-17-8-3-9-18-36)49(40)51(42)57-50(41)43/h1-31H. The molecule has 0 aliphatic heterocycles. The molecule has 4 aromatic heterocycles. The Morgan fingerprint density at radius 3 is 1.81 bits per heavy atom. The summed E-state index contributed by atoms with van der Waals surface area (Å²) in [6, 6.07) is 65.4. The lowest BCUT2D eigenvalue weighted by molar-refractivity contribution is 0.669. The highest BCUT2D eigenvalue weighted by molar-refractivity contribution is 6.23. The van der Waals surface area contributed by atoms with Gasteiger partial charge < -0.3 is 13.4 Å². The summed E-state index contributed by atoms with van der Waals surface area (Å²) in [6.45, 7) is 0. The van der Waals surface area contributed by atoms with Crippen LogP contribution in [-0.2, 0) is 0 Å². The van der Waals surface area contributed by atoms with Gasteiger partial charge in [-0.2, -0.15) is 0 Å². The van der Waals surface area contributed by atoms with Crippen molar-refractivity contribution in [3.05, 3.63) is 188 Å². The van der Waals surface area contributed by atoms with Crippen LogP contribution in [0.1, 0.15) is 0 Å². The zero-order chi connectivity index (χ0) is 37.5. The van der Waals surface area contributed by atoms with Gasteiger partial charge in [0.05, 0.1) is 22.4 Å². The van der Waals surface area contributed by atoms with E-state index in [9.17, 15) is 0 Å². The number of benzene rings is 8. The minimum atomic E-state index is 0.668. The van der Waals surface area contributed by atoms with Crippen LogP contribution in [0.5, 0.6) is 0 Å². The molecule has 0 N–H and O–H groups in total. The summed E-state index contributed by atoms with van der Waals surface area (Å²) >= 11 is 0. The fourth-order valence-corrected chi connectivity index (χ4v) is 8.54. The number of furan rings is 2. The molecule has 0 atom stereocenters. The van der Waals surface area contributed by atoms with Crippen molar-refractivity contribution >= 4 is 65.7 Å². The van der Waals surface area contributed by atoms with Crippen LogP contribution in [0.3, 0.4) is 0 Å². The lowest BCUT2D eigenvalue weighted by Crippen LogP contribution is -1.96. The number of para-hydroxylation sites is 3. The Labute approximate surface area is 326 Å². The van der Waals surface area contributed by atoms with E-state index in [1.165, 1.54) is 0 Å². The molecule has 5 heteroatoms. The maximum absolute atomic E-state index is 7.13. The van der Waals surface area contributed by atoms with E-state index in [4.69, 9.17) is 18.8 Å². The predicted octanol–water partition coefficient (Wildman–Crippen LogP) is 14.0. The fourth-order valence-electron chi connectivity index (χ4n) is 8.54. The quantitative estimate of drug-likeness (QED) is 0.177. The Morgan fingerprint density at radius 1 is 0.368 bits per heavy atom. The van der Waals surface area contributed by atoms with Crippen molar-refractivity contribution in [2.45, 2.75) is 0 Å². The molecule has 0 saturated heterocycles. The van der Waals surface area contributed by atoms with Crippen LogP contribution < -0.4 is 0 Å². The molecule has 0 bridgehead atoms. The van der Waals surface area contributed by atoms with Gasteiger partial charge in [-0.1, -0.05) is 133 Å². The van der Waals surface area contributed by atoms with Crippen LogP contribution in [0.15, 0.2) is 197 Å². The van der Waals surface area contributed by atoms with Crippen LogP contribution in [0.25, 0.3) is 116 Å². The second-order valence-electron chi connectivity index (χ2n) is 14.5. The topological polar surface area (TPSA) is 57.0 Å². The van der Waals surface area contributed by atoms with E-state index in [0.29, 0.717) is 5.82 Å². The molecule has 0 aliphatic rings. The third kappa shape index (κ3) is 4.96. The summed E-state index contributed by atoms with van der Waals surface area (Å²) in [7, 11) is 0. The van der Waals surface area contributed by atoms with Crippen molar-refractivity contribution in [1.82, 2.24) is 14.5 Å². The molecule has 0 aliphatic carbocycles. The van der Waals surface area contributed by atoms with E-state index in [1.807, 2.05) is 48.5 Å². The molecule has 0 radical (unpaired) electrons. The Balaban J connectivity index is 1.10. The SMILES string of the molecule is c1ccc(-c2cc(-c3cccc4c3oc3c4ccc4c5ccc(-c6ccc7c(c6)oc6ccccc67)cc5n(-c5ccccc5)c43)nc(-c3ccccc3)n2)cc1. The van der Waals surface area contributed by atoms with Gasteiger partial charge in [-0.15, -0.1) is 0 Å². The lowest BCUT2D eigenvalue weighted by atomic mass is 10.0. The van der Waals surface area contributed by atoms with Gasteiger partial charge in [0.15, 0.2) is 11.4 Å². The van der Waals surface area contributed by atoms with Crippen molar-refractivity contribution < 1.29 is 8.83 Å². The summed E-state index contributed by atoms with van der Waals surface area (Å²) in [6.07, 6.45) is 0. The van der Waals surface area contributed by atoms with Gasteiger partial charge in [-0.25, -0.2) is 9.97 Å². The second kappa shape index (κ2) is 12.4.